The SMILES string of the molecule is Cc1ccc(CN(Cc2ccc(F)cc2)C(=O)CN(CC(C)C)C(=O)c2ccc([N+](=O)[O-])cc2)o1. The van der Waals surface area contributed by atoms with Crippen molar-refractivity contribution in [2.24, 2.45) is 5.92 Å². The van der Waals surface area contributed by atoms with E-state index in [1.165, 1.54) is 41.3 Å². The van der Waals surface area contributed by atoms with Crippen molar-refractivity contribution in [1.82, 2.24) is 9.80 Å². The van der Waals surface area contributed by atoms with E-state index in [0.717, 1.165) is 5.56 Å². The highest BCUT2D eigenvalue weighted by Crippen LogP contribution is 2.17. The van der Waals surface area contributed by atoms with Crippen LogP contribution in [0.2, 0.25) is 0 Å². The van der Waals surface area contributed by atoms with Gasteiger partial charge < -0.3 is 14.2 Å². The van der Waals surface area contributed by atoms with Crippen LogP contribution in [0, 0.1) is 28.8 Å². The van der Waals surface area contributed by atoms with Crippen LogP contribution in [0.15, 0.2) is 65.1 Å². The van der Waals surface area contributed by atoms with E-state index in [0.29, 0.717) is 18.1 Å². The van der Waals surface area contributed by atoms with Crippen LogP contribution in [0.1, 0.15) is 41.3 Å². The standard InChI is InChI=1S/C26H28FN3O5/c1-18(2)14-29(26(32)21-7-11-23(12-8-21)30(33)34)17-25(31)28(16-24-13-4-19(3)35-24)15-20-5-9-22(27)10-6-20/h4-13,18H,14-17H2,1-3H3. The molecule has 0 aliphatic heterocycles. The summed E-state index contributed by atoms with van der Waals surface area (Å²) in [7, 11) is 0. The Labute approximate surface area is 203 Å². The number of halogens is 1. The van der Waals surface area contributed by atoms with Gasteiger partial charge in [-0.1, -0.05) is 26.0 Å². The molecule has 1 heterocycles. The molecule has 0 unspecified atom stereocenters. The monoisotopic (exact) mass is 481 g/mol. The van der Waals surface area contributed by atoms with Gasteiger partial charge in [0, 0.05) is 30.8 Å². The Morgan fingerprint density at radius 2 is 1.63 bits per heavy atom. The highest BCUT2D eigenvalue weighted by atomic mass is 19.1. The van der Waals surface area contributed by atoms with Crippen molar-refractivity contribution in [2.45, 2.75) is 33.9 Å². The molecule has 0 radical (unpaired) electrons. The lowest BCUT2D eigenvalue weighted by Crippen LogP contribution is -2.43. The summed E-state index contributed by atoms with van der Waals surface area (Å²) < 4.78 is 19.0. The summed E-state index contributed by atoms with van der Waals surface area (Å²) >= 11 is 0. The number of amides is 2. The van der Waals surface area contributed by atoms with Gasteiger partial charge in [-0.2, -0.15) is 0 Å². The second kappa shape index (κ2) is 11.4. The lowest BCUT2D eigenvalue weighted by atomic mass is 10.1. The topological polar surface area (TPSA) is 96.9 Å². The number of hydrogen-bond donors (Lipinski definition) is 0. The van der Waals surface area contributed by atoms with Crippen molar-refractivity contribution < 1.29 is 23.3 Å². The summed E-state index contributed by atoms with van der Waals surface area (Å²) in [5.41, 5.74) is 0.878. The first-order chi connectivity index (χ1) is 16.6. The maximum Gasteiger partial charge on any atom is 0.269 e. The predicted molar refractivity (Wildman–Crippen MR) is 128 cm³/mol. The average molecular weight is 482 g/mol. The molecule has 0 bridgehead atoms. The fourth-order valence-corrected chi connectivity index (χ4v) is 3.63. The van der Waals surface area contributed by atoms with Crippen molar-refractivity contribution in [1.29, 1.82) is 0 Å². The van der Waals surface area contributed by atoms with Crippen LogP contribution >= 0.6 is 0 Å². The number of nitro benzene ring substituents is 1. The van der Waals surface area contributed by atoms with E-state index < -0.39 is 10.8 Å². The van der Waals surface area contributed by atoms with E-state index in [-0.39, 0.29) is 48.5 Å². The Morgan fingerprint density at radius 3 is 2.17 bits per heavy atom. The first-order valence-corrected chi connectivity index (χ1v) is 11.2. The molecule has 3 aromatic rings. The molecule has 0 saturated carbocycles. The number of aryl methyl sites for hydroxylation is 1. The lowest BCUT2D eigenvalue weighted by molar-refractivity contribution is -0.384. The normalized spacial score (nSPS) is 10.9. The molecule has 0 aliphatic rings. The van der Waals surface area contributed by atoms with Crippen molar-refractivity contribution in [2.75, 3.05) is 13.1 Å². The minimum Gasteiger partial charge on any atom is -0.464 e. The van der Waals surface area contributed by atoms with Crippen LogP contribution in [0.5, 0.6) is 0 Å². The van der Waals surface area contributed by atoms with Crippen LogP contribution < -0.4 is 0 Å². The van der Waals surface area contributed by atoms with Crippen molar-refractivity contribution >= 4 is 17.5 Å². The smallest absolute Gasteiger partial charge is 0.269 e. The fraction of sp³-hybridized carbons (Fsp3) is 0.308. The molecule has 1 aromatic heterocycles. The third kappa shape index (κ3) is 7.23. The van der Waals surface area contributed by atoms with E-state index in [9.17, 15) is 24.1 Å². The van der Waals surface area contributed by atoms with Gasteiger partial charge in [-0.05, 0) is 54.8 Å². The van der Waals surface area contributed by atoms with Crippen LogP contribution in [0.4, 0.5) is 10.1 Å². The first kappa shape index (κ1) is 25.6. The van der Waals surface area contributed by atoms with Crippen LogP contribution in [-0.2, 0) is 17.9 Å². The van der Waals surface area contributed by atoms with Crippen LogP contribution in [0.3, 0.4) is 0 Å². The Balaban J connectivity index is 1.82. The van der Waals surface area contributed by atoms with E-state index in [2.05, 4.69) is 0 Å². The highest BCUT2D eigenvalue weighted by molar-refractivity contribution is 5.96. The van der Waals surface area contributed by atoms with Crippen molar-refractivity contribution in [3.8, 4) is 0 Å². The minimum atomic E-state index is -0.534. The fourth-order valence-electron chi connectivity index (χ4n) is 3.63. The number of non-ortho nitro benzene ring substituents is 1. The molecule has 8 nitrogen and oxygen atoms in total. The van der Waals surface area contributed by atoms with Crippen LogP contribution in [-0.4, -0.2) is 39.6 Å². The van der Waals surface area contributed by atoms with E-state index in [1.54, 1.807) is 29.2 Å². The Morgan fingerprint density at radius 1 is 0.971 bits per heavy atom. The summed E-state index contributed by atoms with van der Waals surface area (Å²) in [6, 6.07) is 14.8. The second-order valence-corrected chi connectivity index (χ2v) is 8.77. The van der Waals surface area contributed by atoms with E-state index >= 15 is 0 Å². The molecule has 35 heavy (non-hydrogen) atoms. The maximum absolute atomic E-state index is 13.4. The molecule has 0 fully saturated rings. The molecule has 0 N–H and O–H groups in total. The summed E-state index contributed by atoms with van der Waals surface area (Å²) in [4.78, 5) is 40.0. The predicted octanol–water partition coefficient (Wildman–Crippen LogP) is 4.96. The minimum absolute atomic E-state index is 0.0862. The van der Waals surface area contributed by atoms with Crippen LogP contribution in [0.25, 0.3) is 0 Å². The van der Waals surface area contributed by atoms with Gasteiger partial charge >= 0.3 is 0 Å². The van der Waals surface area contributed by atoms with Crippen molar-refractivity contribution in [3.05, 3.63) is 99.2 Å². The second-order valence-electron chi connectivity index (χ2n) is 8.77. The van der Waals surface area contributed by atoms with Gasteiger partial charge in [0.25, 0.3) is 11.6 Å². The van der Waals surface area contributed by atoms with Gasteiger partial charge in [0.2, 0.25) is 5.91 Å². The van der Waals surface area contributed by atoms with Crippen molar-refractivity contribution in [3.63, 3.8) is 0 Å². The molecule has 0 atom stereocenters. The molecule has 0 aliphatic carbocycles. The van der Waals surface area contributed by atoms with Gasteiger partial charge in [-0.15, -0.1) is 0 Å². The zero-order valence-electron chi connectivity index (χ0n) is 19.9. The lowest BCUT2D eigenvalue weighted by Gasteiger charge is -2.28. The number of hydrogen-bond acceptors (Lipinski definition) is 5. The molecular weight excluding hydrogens is 453 g/mol. The molecule has 2 amide bonds. The average Bonchev–Trinajstić information content (AvgIpc) is 3.23. The number of furan rings is 1. The summed E-state index contributed by atoms with van der Waals surface area (Å²) in [6.07, 6.45) is 0. The number of carbonyl (C=O) groups is 2. The maximum atomic E-state index is 13.4. The zero-order valence-corrected chi connectivity index (χ0v) is 19.9. The number of benzene rings is 2. The van der Waals surface area contributed by atoms with Gasteiger partial charge in [0.05, 0.1) is 11.5 Å². The Hall–Kier alpha value is -4.01. The van der Waals surface area contributed by atoms with E-state index in [1.807, 2.05) is 20.8 Å². The first-order valence-electron chi connectivity index (χ1n) is 11.2. The molecule has 184 valence electrons. The number of nitro groups is 1. The van der Waals surface area contributed by atoms with Gasteiger partial charge in [-0.3, -0.25) is 19.7 Å². The molecule has 0 spiro atoms. The molecule has 2 aromatic carbocycles. The van der Waals surface area contributed by atoms with Gasteiger partial charge in [0.1, 0.15) is 23.9 Å². The quantitative estimate of drug-likeness (QED) is 0.301. The highest BCUT2D eigenvalue weighted by Gasteiger charge is 2.24. The number of carbonyl (C=O) groups excluding carboxylic acids is 2. The molecule has 9 heteroatoms. The van der Waals surface area contributed by atoms with Gasteiger partial charge in [0.15, 0.2) is 0 Å². The molecule has 3 rings (SSSR count). The molecule has 0 saturated heterocycles. The van der Waals surface area contributed by atoms with Gasteiger partial charge in [-0.25, -0.2) is 4.39 Å². The largest absolute Gasteiger partial charge is 0.464 e. The summed E-state index contributed by atoms with van der Waals surface area (Å²) in [5.74, 6) is 0.323. The third-order valence-corrected chi connectivity index (χ3v) is 5.31. The Bertz CT molecular complexity index is 1170. The zero-order chi connectivity index (χ0) is 25.5. The van der Waals surface area contributed by atoms with E-state index in [4.69, 9.17) is 4.42 Å². The summed E-state index contributed by atoms with van der Waals surface area (Å²) in [5, 5.41) is 10.9. The summed E-state index contributed by atoms with van der Waals surface area (Å²) in [6.45, 7) is 6.21. The third-order valence-electron chi connectivity index (χ3n) is 5.31. The number of rotatable bonds is 10. The number of nitrogens with zero attached hydrogens (tertiary/aromatic N) is 3. The Kier molecular flexibility index (Phi) is 8.35. The molecular formula is C26H28FN3O5.